The first kappa shape index (κ1) is 16.3. The van der Waals surface area contributed by atoms with Crippen LogP contribution in [0.25, 0.3) is 0 Å². The molecule has 2 rings (SSSR count). The molecular formula is C17H17ClFNO2. The molecule has 0 bridgehead atoms. The average Bonchev–Trinajstić information content (AvgIpc) is 2.47. The van der Waals surface area contributed by atoms with E-state index in [1.165, 1.54) is 18.2 Å². The lowest BCUT2D eigenvalue weighted by molar-refractivity contribution is 0.0943. The number of hydrogen-bond donors (Lipinski definition) is 1. The number of aryl methyl sites for hydroxylation is 2. The molecule has 0 aromatic heterocycles. The van der Waals surface area contributed by atoms with E-state index in [0.717, 1.165) is 16.9 Å². The van der Waals surface area contributed by atoms with Gasteiger partial charge in [0, 0.05) is 0 Å². The van der Waals surface area contributed by atoms with Crippen molar-refractivity contribution in [3.05, 3.63) is 63.9 Å². The van der Waals surface area contributed by atoms with Crippen molar-refractivity contribution in [2.45, 2.75) is 13.8 Å². The van der Waals surface area contributed by atoms with E-state index in [2.05, 4.69) is 5.32 Å². The van der Waals surface area contributed by atoms with E-state index in [1.807, 2.05) is 32.0 Å². The van der Waals surface area contributed by atoms with Crippen LogP contribution >= 0.6 is 11.6 Å². The number of nitrogens with one attached hydrogen (secondary N) is 1. The minimum atomic E-state index is -0.638. The lowest BCUT2D eigenvalue weighted by Gasteiger charge is -2.11. The van der Waals surface area contributed by atoms with Crippen LogP contribution in [0.2, 0.25) is 5.02 Å². The number of hydrogen-bond acceptors (Lipinski definition) is 2. The van der Waals surface area contributed by atoms with Gasteiger partial charge in [-0.05, 0) is 43.2 Å². The van der Waals surface area contributed by atoms with Crippen molar-refractivity contribution >= 4 is 17.5 Å². The maximum Gasteiger partial charge on any atom is 0.255 e. The van der Waals surface area contributed by atoms with Gasteiger partial charge in [0.05, 0.1) is 17.1 Å². The Kier molecular flexibility index (Phi) is 5.39. The first-order valence-electron chi connectivity index (χ1n) is 6.91. The van der Waals surface area contributed by atoms with Gasteiger partial charge in [-0.25, -0.2) is 4.39 Å². The van der Waals surface area contributed by atoms with Crippen LogP contribution in [0.5, 0.6) is 5.75 Å². The Balaban J connectivity index is 1.89. The minimum Gasteiger partial charge on any atom is -0.491 e. The van der Waals surface area contributed by atoms with Crippen LogP contribution in [0.4, 0.5) is 4.39 Å². The molecule has 0 spiro atoms. The van der Waals surface area contributed by atoms with Crippen molar-refractivity contribution < 1.29 is 13.9 Å². The molecule has 2 aromatic carbocycles. The second-order valence-electron chi connectivity index (χ2n) is 4.97. The van der Waals surface area contributed by atoms with E-state index in [1.54, 1.807) is 0 Å². The SMILES string of the molecule is Cc1ccc(C)c(OCCNC(=O)c2c(F)cccc2Cl)c1. The zero-order chi connectivity index (χ0) is 16.1. The molecule has 0 saturated carbocycles. The fraction of sp³-hybridized carbons (Fsp3) is 0.235. The molecule has 0 radical (unpaired) electrons. The van der Waals surface area contributed by atoms with Gasteiger partial charge in [-0.2, -0.15) is 0 Å². The third-order valence-corrected chi connectivity index (χ3v) is 3.49. The van der Waals surface area contributed by atoms with Gasteiger partial charge >= 0.3 is 0 Å². The van der Waals surface area contributed by atoms with Crippen LogP contribution in [0.15, 0.2) is 36.4 Å². The topological polar surface area (TPSA) is 38.3 Å². The van der Waals surface area contributed by atoms with Crippen molar-refractivity contribution in [2.75, 3.05) is 13.2 Å². The molecule has 0 aliphatic heterocycles. The molecule has 0 fully saturated rings. The second kappa shape index (κ2) is 7.27. The van der Waals surface area contributed by atoms with Gasteiger partial charge in [0.25, 0.3) is 5.91 Å². The van der Waals surface area contributed by atoms with Gasteiger partial charge in [0.2, 0.25) is 0 Å². The van der Waals surface area contributed by atoms with Crippen LogP contribution in [-0.4, -0.2) is 19.1 Å². The highest BCUT2D eigenvalue weighted by atomic mass is 35.5. The fourth-order valence-corrected chi connectivity index (χ4v) is 2.24. The standard InChI is InChI=1S/C17H17ClFNO2/c1-11-6-7-12(2)15(10-11)22-9-8-20-17(21)16-13(18)4-3-5-14(16)19/h3-7,10H,8-9H2,1-2H3,(H,20,21). The Morgan fingerprint density at radius 3 is 2.77 bits per heavy atom. The van der Waals surface area contributed by atoms with E-state index in [4.69, 9.17) is 16.3 Å². The molecule has 0 heterocycles. The van der Waals surface area contributed by atoms with Crippen LogP contribution in [0.3, 0.4) is 0 Å². The number of rotatable bonds is 5. The van der Waals surface area contributed by atoms with Gasteiger partial charge < -0.3 is 10.1 Å². The summed E-state index contributed by atoms with van der Waals surface area (Å²) in [4.78, 5) is 11.9. The summed E-state index contributed by atoms with van der Waals surface area (Å²) >= 11 is 5.84. The molecule has 116 valence electrons. The van der Waals surface area contributed by atoms with Crippen molar-refractivity contribution in [1.82, 2.24) is 5.32 Å². The highest BCUT2D eigenvalue weighted by Crippen LogP contribution is 2.19. The van der Waals surface area contributed by atoms with Crippen molar-refractivity contribution in [1.29, 1.82) is 0 Å². The zero-order valence-electron chi connectivity index (χ0n) is 12.5. The molecular weight excluding hydrogens is 305 g/mol. The van der Waals surface area contributed by atoms with Crippen molar-refractivity contribution in [3.63, 3.8) is 0 Å². The number of carbonyl (C=O) groups excluding carboxylic acids is 1. The molecule has 2 aromatic rings. The molecule has 0 aliphatic carbocycles. The number of amides is 1. The van der Waals surface area contributed by atoms with Crippen LogP contribution in [-0.2, 0) is 0 Å². The van der Waals surface area contributed by atoms with E-state index < -0.39 is 11.7 Å². The lowest BCUT2D eigenvalue weighted by atomic mass is 10.1. The Bertz CT molecular complexity index is 668. The molecule has 1 N–H and O–H groups in total. The summed E-state index contributed by atoms with van der Waals surface area (Å²) < 4.78 is 19.2. The third-order valence-electron chi connectivity index (χ3n) is 3.18. The molecule has 5 heteroatoms. The first-order valence-corrected chi connectivity index (χ1v) is 7.29. The van der Waals surface area contributed by atoms with Gasteiger partial charge in [-0.3, -0.25) is 4.79 Å². The minimum absolute atomic E-state index is 0.0907. The zero-order valence-corrected chi connectivity index (χ0v) is 13.2. The van der Waals surface area contributed by atoms with Crippen molar-refractivity contribution in [2.24, 2.45) is 0 Å². The van der Waals surface area contributed by atoms with E-state index in [-0.39, 0.29) is 17.1 Å². The van der Waals surface area contributed by atoms with Gasteiger partial charge in [0.15, 0.2) is 0 Å². The van der Waals surface area contributed by atoms with Gasteiger partial charge in [0.1, 0.15) is 18.2 Å². The van der Waals surface area contributed by atoms with Gasteiger partial charge in [-0.15, -0.1) is 0 Å². The summed E-state index contributed by atoms with van der Waals surface area (Å²) in [5.41, 5.74) is 1.98. The largest absolute Gasteiger partial charge is 0.491 e. The molecule has 0 unspecified atom stereocenters. The first-order chi connectivity index (χ1) is 10.5. The number of benzene rings is 2. The summed E-state index contributed by atoms with van der Waals surface area (Å²) in [6.07, 6.45) is 0. The highest BCUT2D eigenvalue weighted by molar-refractivity contribution is 6.33. The van der Waals surface area contributed by atoms with E-state index in [9.17, 15) is 9.18 Å². The van der Waals surface area contributed by atoms with Crippen LogP contribution < -0.4 is 10.1 Å². The number of carbonyl (C=O) groups is 1. The monoisotopic (exact) mass is 321 g/mol. The third kappa shape index (κ3) is 3.98. The Labute approximate surface area is 134 Å². The van der Waals surface area contributed by atoms with Crippen LogP contribution in [0.1, 0.15) is 21.5 Å². The molecule has 0 atom stereocenters. The fourth-order valence-electron chi connectivity index (χ4n) is 1.99. The maximum atomic E-state index is 13.6. The van der Waals surface area contributed by atoms with E-state index in [0.29, 0.717) is 6.61 Å². The molecule has 0 aliphatic rings. The molecule has 3 nitrogen and oxygen atoms in total. The normalized spacial score (nSPS) is 10.4. The van der Waals surface area contributed by atoms with Crippen molar-refractivity contribution in [3.8, 4) is 5.75 Å². The summed E-state index contributed by atoms with van der Waals surface area (Å²) in [7, 11) is 0. The maximum absolute atomic E-state index is 13.6. The lowest BCUT2D eigenvalue weighted by Crippen LogP contribution is -2.29. The molecule has 22 heavy (non-hydrogen) atoms. The molecule has 1 amide bonds. The predicted molar refractivity (Wildman–Crippen MR) is 85.2 cm³/mol. The second-order valence-corrected chi connectivity index (χ2v) is 5.38. The number of halogens is 2. The summed E-state index contributed by atoms with van der Waals surface area (Å²) in [5, 5.41) is 2.69. The number of ether oxygens (including phenoxy) is 1. The highest BCUT2D eigenvalue weighted by Gasteiger charge is 2.15. The summed E-state index contributed by atoms with van der Waals surface area (Å²) in [5.74, 6) is -0.411. The quantitative estimate of drug-likeness (QED) is 0.848. The smallest absolute Gasteiger partial charge is 0.255 e. The van der Waals surface area contributed by atoms with Gasteiger partial charge in [-0.1, -0.05) is 29.8 Å². The summed E-state index contributed by atoms with van der Waals surface area (Å²) in [6, 6.07) is 10.1. The molecule has 0 saturated heterocycles. The Morgan fingerprint density at radius 1 is 1.27 bits per heavy atom. The summed E-state index contributed by atoms with van der Waals surface area (Å²) in [6.45, 7) is 4.49. The predicted octanol–water partition coefficient (Wildman–Crippen LogP) is 3.90. The van der Waals surface area contributed by atoms with Crippen LogP contribution in [0, 0.1) is 19.7 Å². The van der Waals surface area contributed by atoms with E-state index >= 15 is 0 Å². The average molecular weight is 322 g/mol. The Hall–Kier alpha value is -2.07. The Morgan fingerprint density at radius 2 is 2.05 bits per heavy atom.